The molecule has 0 N–H and O–H groups in total. The molecule has 0 aromatic rings. The molecule has 1 heterocycles. The van der Waals surface area contributed by atoms with Crippen LogP contribution in [-0.2, 0) is 4.79 Å². The van der Waals surface area contributed by atoms with Crippen LogP contribution in [0, 0.1) is 17.9 Å². The van der Waals surface area contributed by atoms with Crippen molar-refractivity contribution in [3.05, 3.63) is 0 Å². The summed E-state index contributed by atoms with van der Waals surface area (Å²) in [5.41, 5.74) is 0. The minimum atomic E-state index is 0.165. The molecule has 0 aromatic heterocycles. The van der Waals surface area contributed by atoms with E-state index in [1.165, 1.54) is 19.3 Å². The second-order valence-corrected chi connectivity index (χ2v) is 3.92. The summed E-state index contributed by atoms with van der Waals surface area (Å²) in [6.45, 7) is 2.09. The number of carbonyl (C=O) groups is 1. The van der Waals surface area contributed by atoms with Gasteiger partial charge in [0.15, 0.2) is 0 Å². The Bertz CT molecular complexity index is 251. The Morgan fingerprint density at radius 3 is 2.38 bits per heavy atom. The Labute approximate surface area is 79.3 Å². The molecular weight excluding hydrogens is 162 g/mol. The standard InChI is InChI=1S/C11H15NO/c13-11(10-4-3-5-10)6-9-12-7-1-2-8-12/h10H,1-5,7-8H2. The quantitative estimate of drug-likeness (QED) is 0.564. The SMILES string of the molecule is O=C(C#CN1CCCC1)C1CCC1. The molecule has 1 aliphatic heterocycles. The summed E-state index contributed by atoms with van der Waals surface area (Å²) in [6.07, 6.45) is 5.79. The van der Waals surface area contributed by atoms with Crippen LogP contribution in [0.15, 0.2) is 0 Å². The lowest BCUT2D eigenvalue weighted by Gasteiger charge is -2.20. The van der Waals surface area contributed by atoms with Gasteiger partial charge in [-0.1, -0.05) is 6.42 Å². The fourth-order valence-corrected chi connectivity index (χ4v) is 1.74. The first-order chi connectivity index (χ1) is 6.36. The number of carbonyl (C=O) groups excluding carboxylic acids is 1. The molecule has 1 aliphatic carbocycles. The molecule has 1 saturated carbocycles. The highest BCUT2D eigenvalue weighted by molar-refractivity contribution is 5.97. The molecule has 2 aliphatic rings. The molecule has 0 radical (unpaired) electrons. The summed E-state index contributed by atoms with van der Waals surface area (Å²) >= 11 is 0. The van der Waals surface area contributed by atoms with Crippen LogP contribution >= 0.6 is 0 Å². The number of likely N-dealkylation sites (tertiary alicyclic amines) is 1. The van der Waals surface area contributed by atoms with Crippen LogP contribution in [-0.4, -0.2) is 23.8 Å². The van der Waals surface area contributed by atoms with E-state index in [0.717, 1.165) is 25.9 Å². The third-order valence-electron chi connectivity index (χ3n) is 2.92. The van der Waals surface area contributed by atoms with Crippen molar-refractivity contribution in [2.24, 2.45) is 5.92 Å². The Morgan fingerprint density at radius 1 is 1.15 bits per heavy atom. The normalized spacial score (nSPS) is 22.0. The first kappa shape index (κ1) is 8.62. The van der Waals surface area contributed by atoms with Crippen LogP contribution < -0.4 is 0 Å². The van der Waals surface area contributed by atoms with E-state index in [2.05, 4.69) is 16.9 Å². The van der Waals surface area contributed by atoms with Crippen molar-refractivity contribution in [3.8, 4) is 12.0 Å². The lowest BCUT2D eigenvalue weighted by atomic mass is 9.82. The number of rotatable bonds is 1. The summed E-state index contributed by atoms with van der Waals surface area (Å²) in [7, 11) is 0. The second kappa shape index (κ2) is 3.83. The first-order valence-corrected chi connectivity index (χ1v) is 5.17. The van der Waals surface area contributed by atoms with Crippen LogP contribution in [0.1, 0.15) is 32.1 Å². The van der Waals surface area contributed by atoms with Crippen molar-refractivity contribution in [1.29, 1.82) is 0 Å². The third-order valence-corrected chi connectivity index (χ3v) is 2.92. The van der Waals surface area contributed by atoms with Gasteiger partial charge >= 0.3 is 0 Å². The maximum atomic E-state index is 11.4. The van der Waals surface area contributed by atoms with Crippen molar-refractivity contribution in [1.82, 2.24) is 4.90 Å². The molecule has 13 heavy (non-hydrogen) atoms. The molecule has 1 saturated heterocycles. The second-order valence-electron chi connectivity index (χ2n) is 3.92. The van der Waals surface area contributed by atoms with Crippen LogP contribution in [0.2, 0.25) is 0 Å². The van der Waals surface area contributed by atoms with Crippen molar-refractivity contribution in [2.75, 3.05) is 13.1 Å². The highest BCUT2D eigenvalue weighted by Gasteiger charge is 2.23. The summed E-state index contributed by atoms with van der Waals surface area (Å²) in [5, 5.41) is 0. The molecule has 2 nitrogen and oxygen atoms in total. The monoisotopic (exact) mass is 177 g/mol. The van der Waals surface area contributed by atoms with Crippen molar-refractivity contribution in [3.63, 3.8) is 0 Å². The highest BCUT2D eigenvalue weighted by atomic mass is 16.1. The van der Waals surface area contributed by atoms with E-state index in [4.69, 9.17) is 0 Å². The van der Waals surface area contributed by atoms with Gasteiger partial charge in [0.2, 0.25) is 5.78 Å². The Balaban J connectivity index is 1.83. The van der Waals surface area contributed by atoms with Gasteiger partial charge in [-0.25, -0.2) is 0 Å². The van der Waals surface area contributed by atoms with E-state index < -0.39 is 0 Å². The number of nitrogens with zero attached hydrogens (tertiary/aromatic N) is 1. The summed E-state index contributed by atoms with van der Waals surface area (Å²) in [5.74, 6) is 3.20. The minimum absolute atomic E-state index is 0.165. The van der Waals surface area contributed by atoms with E-state index in [0.29, 0.717) is 0 Å². The molecule has 2 fully saturated rings. The molecule has 2 heteroatoms. The predicted octanol–water partition coefficient (Wildman–Crippen LogP) is 1.41. The molecule has 70 valence electrons. The van der Waals surface area contributed by atoms with E-state index in [1.807, 2.05) is 0 Å². The molecule has 0 amide bonds. The largest absolute Gasteiger partial charge is 0.332 e. The summed E-state index contributed by atoms with van der Waals surface area (Å²) < 4.78 is 0. The van der Waals surface area contributed by atoms with Gasteiger partial charge in [0.1, 0.15) is 0 Å². The smallest absolute Gasteiger partial charge is 0.210 e. The summed E-state index contributed by atoms with van der Waals surface area (Å²) in [6, 6.07) is 2.96. The topological polar surface area (TPSA) is 20.3 Å². The fraction of sp³-hybridized carbons (Fsp3) is 0.727. The van der Waals surface area contributed by atoms with E-state index >= 15 is 0 Å². The first-order valence-electron chi connectivity index (χ1n) is 5.17. The molecule has 0 unspecified atom stereocenters. The molecule has 2 rings (SSSR count). The van der Waals surface area contributed by atoms with Crippen molar-refractivity contribution < 1.29 is 4.79 Å². The minimum Gasteiger partial charge on any atom is -0.332 e. The molecule has 0 spiro atoms. The van der Waals surface area contributed by atoms with E-state index in [9.17, 15) is 4.79 Å². The lowest BCUT2D eigenvalue weighted by Crippen LogP contribution is -2.21. The van der Waals surface area contributed by atoms with Gasteiger partial charge in [-0.05, 0) is 31.6 Å². The molecule has 0 aromatic carbocycles. The Kier molecular flexibility index (Phi) is 2.54. The predicted molar refractivity (Wildman–Crippen MR) is 50.9 cm³/mol. The average molecular weight is 177 g/mol. The van der Waals surface area contributed by atoms with Crippen LogP contribution in [0.5, 0.6) is 0 Å². The zero-order chi connectivity index (χ0) is 9.10. The maximum Gasteiger partial charge on any atom is 0.210 e. The van der Waals surface area contributed by atoms with E-state index in [-0.39, 0.29) is 11.7 Å². The number of hydrogen-bond acceptors (Lipinski definition) is 2. The van der Waals surface area contributed by atoms with Crippen LogP contribution in [0.3, 0.4) is 0 Å². The average Bonchev–Trinajstić information content (AvgIpc) is 2.49. The number of Topliss-reactive ketones (excluding diaryl/α,β-unsaturated/α-hetero) is 1. The van der Waals surface area contributed by atoms with Gasteiger partial charge in [-0.15, -0.1) is 0 Å². The molecule has 0 atom stereocenters. The van der Waals surface area contributed by atoms with Gasteiger partial charge in [-0.2, -0.15) is 0 Å². The van der Waals surface area contributed by atoms with Crippen LogP contribution in [0.4, 0.5) is 0 Å². The maximum absolute atomic E-state index is 11.4. The van der Waals surface area contributed by atoms with Gasteiger partial charge in [0, 0.05) is 25.1 Å². The van der Waals surface area contributed by atoms with Gasteiger partial charge in [0.05, 0.1) is 0 Å². The van der Waals surface area contributed by atoms with Gasteiger partial charge in [0.25, 0.3) is 0 Å². The van der Waals surface area contributed by atoms with Gasteiger partial charge in [-0.3, -0.25) is 4.79 Å². The Morgan fingerprint density at radius 2 is 1.85 bits per heavy atom. The molecular formula is C11H15NO. The van der Waals surface area contributed by atoms with Gasteiger partial charge < -0.3 is 4.90 Å². The van der Waals surface area contributed by atoms with Crippen molar-refractivity contribution in [2.45, 2.75) is 32.1 Å². The zero-order valence-electron chi connectivity index (χ0n) is 7.88. The van der Waals surface area contributed by atoms with Crippen LogP contribution in [0.25, 0.3) is 0 Å². The molecule has 0 bridgehead atoms. The number of hydrogen-bond donors (Lipinski definition) is 0. The Hall–Kier alpha value is -0.970. The highest BCUT2D eigenvalue weighted by Crippen LogP contribution is 2.26. The lowest BCUT2D eigenvalue weighted by molar-refractivity contribution is -0.119. The van der Waals surface area contributed by atoms with E-state index in [1.54, 1.807) is 0 Å². The summed E-state index contributed by atoms with van der Waals surface area (Å²) in [4.78, 5) is 13.4. The number of ketones is 1. The van der Waals surface area contributed by atoms with Crippen molar-refractivity contribution >= 4 is 5.78 Å². The fourth-order valence-electron chi connectivity index (χ4n) is 1.74. The third kappa shape index (κ3) is 2.03. The zero-order valence-corrected chi connectivity index (χ0v) is 7.88.